The van der Waals surface area contributed by atoms with Crippen LogP contribution in [0.3, 0.4) is 0 Å². The van der Waals surface area contributed by atoms with Crippen LogP contribution in [-0.4, -0.2) is 47.9 Å². The number of nitrogens with zero attached hydrogens (tertiary/aromatic N) is 2. The first-order valence-electron chi connectivity index (χ1n) is 7.44. The van der Waals surface area contributed by atoms with Crippen LogP contribution in [-0.2, 0) is 6.42 Å². The first-order valence-corrected chi connectivity index (χ1v) is 7.44. The molecule has 3 fully saturated rings. The van der Waals surface area contributed by atoms with Crippen molar-refractivity contribution in [2.45, 2.75) is 25.3 Å². The quantitative estimate of drug-likeness (QED) is 0.764. The third kappa shape index (κ3) is 1.79. The Morgan fingerprint density at radius 2 is 1.84 bits per heavy atom. The predicted octanol–water partition coefficient (Wildman–Crippen LogP) is 1.78. The van der Waals surface area contributed by atoms with E-state index in [4.69, 9.17) is 0 Å². The lowest BCUT2D eigenvalue weighted by molar-refractivity contribution is 0.00607. The minimum atomic E-state index is 0.264. The Morgan fingerprint density at radius 1 is 1.05 bits per heavy atom. The van der Waals surface area contributed by atoms with Crippen molar-refractivity contribution in [2.24, 2.45) is 5.92 Å². The Labute approximate surface area is 114 Å². The molecular formula is C16H20N2O. The van der Waals surface area contributed by atoms with E-state index in [1.54, 1.807) is 0 Å². The lowest BCUT2D eigenvalue weighted by Crippen LogP contribution is -2.59. The lowest BCUT2D eigenvalue weighted by atomic mass is 9.82. The molecule has 4 aliphatic rings. The molecule has 0 saturated carbocycles. The molecule has 3 heteroatoms. The molecule has 0 aromatic heterocycles. The Hall–Kier alpha value is -1.35. The highest BCUT2D eigenvalue weighted by atomic mass is 16.2. The van der Waals surface area contributed by atoms with Gasteiger partial charge in [-0.1, -0.05) is 18.2 Å². The normalized spacial score (nSPS) is 33.4. The fraction of sp³-hybridized carbons (Fsp3) is 0.562. The van der Waals surface area contributed by atoms with Crippen LogP contribution in [0, 0.1) is 5.92 Å². The second-order valence-electron chi connectivity index (χ2n) is 6.11. The average molecular weight is 256 g/mol. The molecule has 1 amide bonds. The molecule has 4 heterocycles. The van der Waals surface area contributed by atoms with E-state index in [1.807, 2.05) is 18.2 Å². The Balaban J connectivity index is 1.62. The summed E-state index contributed by atoms with van der Waals surface area (Å²) in [6.07, 6.45) is 3.57. The topological polar surface area (TPSA) is 23.6 Å². The van der Waals surface area contributed by atoms with Gasteiger partial charge in [-0.3, -0.25) is 4.79 Å². The maximum atomic E-state index is 12.7. The van der Waals surface area contributed by atoms with Crippen LogP contribution in [0.25, 0.3) is 0 Å². The van der Waals surface area contributed by atoms with E-state index >= 15 is 0 Å². The number of carbonyl (C=O) groups is 1. The number of hydrogen-bond donors (Lipinski definition) is 0. The van der Waals surface area contributed by atoms with Crippen LogP contribution >= 0.6 is 0 Å². The number of benzene rings is 1. The number of hydrogen-bond acceptors (Lipinski definition) is 2. The summed E-state index contributed by atoms with van der Waals surface area (Å²) < 4.78 is 0. The molecule has 100 valence electrons. The van der Waals surface area contributed by atoms with E-state index < -0.39 is 0 Å². The monoisotopic (exact) mass is 256 g/mol. The van der Waals surface area contributed by atoms with Gasteiger partial charge in [-0.15, -0.1) is 0 Å². The number of fused-ring (bicyclic) bond motifs is 4. The second kappa shape index (κ2) is 4.34. The van der Waals surface area contributed by atoms with Crippen LogP contribution in [0.5, 0.6) is 0 Å². The van der Waals surface area contributed by atoms with Crippen LogP contribution in [0.4, 0.5) is 0 Å². The van der Waals surface area contributed by atoms with Gasteiger partial charge >= 0.3 is 0 Å². The van der Waals surface area contributed by atoms with E-state index in [0.29, 0.717) is 6.04 Å². The number of piperidine rings is 3. The van der Waals surface area contributed by atoms with E-state index in [1.165, 1.54) is 31.5 Å². The third-order valence-corrected chi connectivity index (χ3v) is 5.15. The standard InChI is InChI=1S/C16H20N2O/c19-16-14-4-2-1-3-12(14)7-10-18(16)15-11-17-8-5-13(15)6-9-17/h1-4,13,15H,5-11H2/t15-/m0/s1. The highest BCUT2D eigenvalue weighted by Crippen LogP contribution is 2.33. The van der Waals surface area contributed by atoms with Gasteiger partial charge in [0.1, 0.15) is 0 Å². The largest absolute Gasteiger partial charge is 0.334 e. The van der Waals surface area contributed by atoms with Gasteiger partial charge in [0.05, 0.1) is 0 Å². The summed E-state index contributed by atoms with van der Waals surface area (Å²) in [5.41, 5.74) is 2.16. The van der Waals surface area contributed by atoms with E-state index in [2.05, 4.69) is 15.9 Å². The SMILES string of the molecule is O=C1c2ccccc2CCN1[C@H]1CN2CCC1CC2. The molecule has 2 bridgehead atoms. The molecule has 1 aromatic carbocycles. The van der Waals surface area contributed by atoms with E-state index in [-0.39, 0.29) is 5.91 Å². The molecule has 0 aliphatic carbocycles. The van der Waals surface area contributed by atoms with E-state index in [9.17, 15) is 4.79 Å². The first-order chi connectivity index (χ1) is 9.33. The smallest absolute Gasteiger partial charge is 0.254 e. The summed E-state index contributed by atoms with van der Waals surface area (Å²) in [7, 11) is 0. The Bertz CT molecular complexity index is 505. The molecule has 0 N–H and O–H groups in total. The molecule has 0 radical (unpaired) electrons. The third-order valence-electron chi connectivity index (χ3n) is 5.15. The van der Waals surface area contributed by atoms with Crippen LogP contribution < -0.4 is 0 Å². The van der Waals surface area contributed by atoms with Gasteiger partial charge in [0.15, 0.2) is 0 Å². The summed E-state index contributed by atoms with van der Waals surface area (Å²) in [4.78, 5) is 17.4. The summed E-state index contributed by atoms with van der Waals surface area (Å²) in [6, 6.07) is 8.57. The maximum absolute atomic E-state index is 12.7. The molecule has 3 saturated heterocycles. The van der Waals surface area contributed by atoms with Gasteiger partial charge in [-0.05, 0) is 49.9 Å². The summed E-state index contributed by atoms with van der Waals surface area (Å²) >= 11 is 0. The fourth-order valence-corrected chi connectivity index (χ4v) is 4.05. The molecule has 5 rings (SSSR count). The van der Waals surface area contributed by atoms with Crippen molar-refractivity contribution in [3.8, 4) is 0 Å². The van der Waals surface area contributed by atoms with Gasteiger partial charge in [-0.25, -0.2) is 0 Å². The van der Waals surface area contributed by atoms with Crippen molar-refractivity contribution < 1.29 is 4.79 Å². The first kappa shape index (κ1) is 11.5. The molecule has 0 spiro atoms. The molecule has 0 unspecified atom stereocenters. The number of amides is 1. The van der Waals surface area contributed by atoms with Gasteiger partial charge in [0.2, 0.25) is 0 Å². The van der Waals surface area contributed by atoms with E-state index in [0.717, 1.165) is 31.0 Å². The van der Waals surface area contributed by atoms with Crippen LogP contribution in [0.2, 0.25) is 0 Å². The van der Waals surface area contributed by atoms with Crippen molar-refractivity contribution in [1.29, 1.82) is 0 Å². The van der Waals surface area contributed by atoms with Crippen molar-refractivity contribution in [1.82, 2.24) is 9.80 Å². The predicted molar refractivity (Wildman–Crippen MR) is 74.1 cm³/mol. The summed E-state index contributed by atoms with van der Waals surface area (Å²) in [5, 5.41) is 0. The zero-order valence-corrected chi connectivity index (χ0v) is 11.2. The average Bonchev–Trinajstić information content (AvgIpc) is 2.49. The van der Waals surface area contributed by atoms with Gasteiger partial charge in [0, 0.05) is 24.7 Å². The van der Waals surface area contributed by atoms with Crippen molar-refractivity contribution >= 4 is 5.91 Å². The van der Waals surface area contributed by atoms with Gasteiger partial charge in [-0.2, -0.15) is 0 Å². The fourth-order valence-electron chi connectivity index (χ4n) is 4.05. The minimum absolute atomic E-state index is 0.264. The summed E-state index contributed by atoms with van der Waals surface area (Å²) in [6.45, 7) is 4.48. The highest BCUT2D eigenvalue weighted by Gasteiger charge is 2.40. The Kier molecular flexibility index (Phi) is 2.62. The molecule has 1 atom stereocenters. The highest BCUT2D eigenvalue weighted by molar-refractivity contribution is 5.97. The molecular weight excluding hydrogens is 236 g/mol. The molecule has 3 nitrogen and oxygen atoms in total. The second-order valence-corrected chi connectivity index (χ2v) is 6.11. The van der Waals surface area contributed by atoms with Gasteiger partial charge < -0.3 is 9.80 Å². The molecule has 19 heavy (non-hydrogen) atoms. The maximum Gasteiger partial charge on any atom is 0.254 e. The van der Waals surface area contributed by atoms with Crippen molar-refractivity contribution in [3.63, 3.8) is 0 Å². The Morgan fingerprint density at radius 3 is 2.58 bits per heavy atom. The number of rotatable bonds is 1. The van der Waals surface area contributed by atoms with Crippen molar-refractivity contribution in [2.75, 3.05) is 26.2 Å². The van der Waals surface area contributed by atoms with Crippen LogP contribution in [0.1, 0.15) is 28.8 Å². The van der Waals surface area contributed by atoms with Crippen LogP contribution in [0.15, 0.2) is 24.3 Å². The molecule has 1 aromatic rings. The summed E-state index contributed by atoms with van der Waals surface area (Å²) in [5.74, 6) is 1.000. The number of carbonyl (C=O) groups excluding carboxylic acids is 1. The lowest BCUT2D eigenvalue weighted by Gasteiger charge is -2.50. The zero-order valence-electron chi connectivity index (χ0n) is 11.2. The van der Waals surface area contributed by atoms with Crippen molar-refractivity contribution in [3.05, 3.63) is 35.4 Å². The molecule has 4 aliphatic heterocycles. The zero-order chi connectivity index (χ0) is 12.8. The van der Waals surface area contributed by atoms with Gasteiger partial charge in [0.25, 0.3) is 5.91 Å². The minimum Gasteiger partial charge on any atom is -0.334 e.